The quantitative estimate of drug-likeness (QED) is 0.0449. The second kappa shape index (κ2) is 39.4. The molecule has 10 heteroatoms. The lowest BCUT2D eigenvalue weighted by atomic mass is 9.99. The fourth-order valence-corrected chi connectivity index (χ4v) is 19.9. The molecule has 0 radical (unpaired) electrons. The molecule has 0 N–H and O–H groups in total. The number of methoxy groups -OCH3 is 1. The number of para-hydroxylation sites is 8. The first-order valence-electron chi connectivity index (χ1n) is 48.2. The Morgan fingerprint density at radius 2 is 0.443 bits per heavy atom. The minimum Gasteiger partial charge on any atom is -0.455 e. The number of aromatic nitrogens is 2. The van der Waals surface area contributed by atoms with Crippen molar-refractivity contribution in [1.82, 2.24) is 9.13 Å². The lowest BCUT2D eigenvalue weighted by Gasteiger charge is -2.26. The average Bonchev–Trinajstić information content (AvgIpc) is 1.61. The van der Waals surface area contributed by atoms with Crippen LogP contribution in [0, 0.1) is 0 Å². The molecule has 0 fully saturated rings. The Morgan fingerprint density at radius 1 is 0.207 bits per heavy atom. The molecule has 0 unspecified atom stereocenters. The van der Waals surface area contributed by atoms with Gasteiger partial charge in [-0.25, -0.2) is 0 Å². The summed E-state index contributed by atoms with van der Waals surface area (Å²) in [5.41, 5.74) is 38.1. The summed E-state index contributed by atoms with van der Waals surface area (Å²) in [4.78, 5) is 4.67. The predicted molar refractivity (Wildman–Crippen MR) is 582 cm³/mol. The van der Waals surface area contributed by atoms with Crippen LogP contribution in [-0.2, 0) is 32.0 Å². The van der Waals surface area contributed by atoms with E-state index < -0.39 is 0 Å². The van der Waals surface area contributed by atoms with Crippen LogP contribution in [0.5, 0.6) is 0 Å². The van der Waals surface area contributed by atoms with Gasteiger partial charge in [-0.15, -0.1) is 0 Å². The van der Waals surface area contributed by atoms with Gasteiger partial charge in [0.1, 0.15) is 22.3 Å². The van der Waals surface area contributed by atoms with Crippen LogP contribution in [0.3, 0.4) is 0 Å². The molecule has 140 heavy (non-hydrogen) atoms. The highest BCUT2D eigenvalue weighted by atomic mass is 16.6. The SMILES string of the molecule is CCc1ccc(-c2ccc(-c3ccc(N(c4ccc(-c5ccc(-n6c7ccccc7c7ccccc76)cc5)cc4)c4ccc(-c5cccc6c5oc5ccccc56)cc4)cc3)cc2)cc1.COCCOCCOCCOCc1ccc(-c2ccc(-c3ccc(N(c4ccc(-c5ccc(-n6c7ccccc7c7ccccc76)cc5)cc4)c4ccc(-c5cccc6c5oc5ccccc56)cc4)cc3)cc2)cc1. The molecule has 20 aromatic carbocycles. The van der Waals surface area contributed by atoms with Crippen molar-refractivity contribution in [2.45, 2.75) is 20.0 Å². The van der Waals surface area contributed by atoms with Gasteiger partial charge in [0.2, 0.25) is 0 Å². The Bertz CT molecular complexity index is 8380. The van der Waals surface area contributed by atoms with Crippen molar-refractivity contribution in [3.8, 4) is 100 Å². The van der Waals surface area contributed by atoms with Gasteiger partial charge in [-0.2, -0.15) is 0 Å². The molecule has 0 atom stereocenters. The summed E-state index contributed by atoms with van der Waals surface area (Å²) >= 11 is 0. The van der Waals surface area contributed by atoms with E-state index in [1.165, 1.54) is 77.0 Å². The Balaban J connectivity index is 0.000000158. The van der Waals surface area contributed by atoms with Gasteiger partial charge in [-0.1, -0.05) is 347 Å². The lowest BCUT2D eigenvalue weighted by molar-refractivity contribution is 0.000870. The van der Waals surface area contributed by atoms with Crippen molar-refractivity contribution in [2.75, 3.05) is 56.6 Å². The van der Waals surface area contributed by atoms with Gasteiger partial charge in [0.25, 0.3) is 0 Å². The molecule has 4 heterocycles. The standard InChI is InChI=1S/C68H56N2O5.C62H44N2O/c1-71-41-42-72-43-44-73-45-46-74-47-48-17-19-49(20-18-48)50-21-23-51(24-22-50)52-25-33-56(34-26-52)69(58-39-31-55(32-40-58)60-12-8-13-64-63-11-4-7-16-67(63)75-68(60)64)57-35-27-53(28-36-57)54-29-37-59(38-30-54)70-65-14-5-2-9-61(65)62-10-3-6-15-66(62)70;1-2-42-18-20-43(21-19-42)44-22-24-45(25-23-44)46-26-34-50(35-27-46)63(52-40-32-49(33-41-52)54-13-9-14-58-57-12-5-8-17-61(57)65-62(54)58)51-36-28-47(29-37-51)48-30-38-53(39-31-48)64-59-15-6-3-10-55(59)56-11-4-7-16-60(56)64/h2-40H,41-47H2,1H3;3-41H,2H2,1H3. The minimum atomic E-state index is 0.533. The maximum absolute atomic E-state index is 6.45. The van der Waals surface area contributed by atoms with Crippen LogP contribution < -0.4 is 9.80 Å². The fourth-order valence-electron chi connectivity index (χ4n) is 19.9. The van der Waals surface area contributed by atoms with Crippen molar-refractivity contribution < 1.29 is 27.8 Å². The monoisotopic (exact) mass is 1810 g/mol. The number of fused-ring (bicyclic) bond motifs is 12. The molecule has 0 aliphatic heterocycles. The molecule has 10 nitrogen and oxygen atoms in total. The van der Waals surface area contributed by atoms with Gasteiger partial charge >= 0.3 is 0 Å². The zero-order valence-corrected chi connectivity index (χ0v) is 77.9. The van der Waals surface area contributed by atoms with Gasteiger partial charge < -0.3 is 46.7 Å². The molecule has 0 aliphatic rings. The molecular formula is C130H100N4O6. The summed E-state index contributed by atoms with van der Waals surface area (Å²) in [5.74, 6) is 0. The van der Waals surface area contributed by atoms with Crippen LogP contribution in [0.25, 0.3) is 188 Å². The first-order chi connectivity index (χ1) is 69.3. The smallest absolute Gasteiger partial charge is 0.143 e. The highest BCUT2D eigenvalue weighted by molar-refractivity contribution is 6.13. The number of hydrogen-bond donors (Lipinski definition) is 0. The second-order valence-electron chi connectivity index (χ2n) is 35.5. The molecule has 0 aliphatic carbocycles. The van der Waals surface area contributed by atoms with E-state index in [1.807, 2.05) is 24.3 Å². The van der Waals surface area contributed by atoms with Crippen LogP contribution >= 0.6 is 0 Å². The van der Waals surface area contributed by atoms with Crippen molar-refractivity contribution in [1.29, 1.82) is 0 Å². The Morgan fingerprint density at radius 3 is 0.743 bits per heavy atom. The van der Waals surface area contributed by atoms with Crippen LogP contribution in [0.15, 0.2) is 482 Å². The van der Waals surface area contributed by atoms with E-state index in [9.17, 15) is 0 Å². The maximum atomic E-state index is 6.45. The van der Waals surface area contributed by atoms with Gasteiger partial charge in [0.15, 0.2) is 0 Å². The number of aryl methyl sites for hydroxylation is 1. The maximum Gasteiger partial charge on any atom is 0.143 e. The summed E-state index contributed by atoms with van der Waals surface area (Å²) in [6.45, 7) is 6.07. The molecule has 0 bridgehead atoms. The van der Waals surface area contributed by atoms with Crippen LogP contribution in [0.2, 0.25) is 0 Å². The summed E-state index contributed by atoms with van der Waals surface area (Å²) < 4.78 is 39.5. The summed E-state index contributed by atoms with van der Waals surface area (Å²) in [6.07, 6.45) is 1.05. The first kappa shape index (κ1) is 87.1. The van der Waals surface area contributed by atoms with Gasteiger partial charge in [-0.05, 0) is 229 Å². The molecule has 24 rings (SSSR count). The Hall–Kier alpha value is -17.0. The van der Waals surface area contributed by atoms with E-state index in [0.29, 0.717) is 46.2 Å². The average molecular weight is 1810 g/mol. The predicted octanol–water partition coefficient (Wildman–Crippen LogP) is 34.4. The summed E-state index contributed by atoms with van der Waals surface area (Å²) in [6, 6.07) is 170. The number of rotatable bonds is 28. The van der Waals surface area contributed by atoms with Crippen molar-refractivity contribution in [3.63, 3.8) is 0 Å². The van der Waals surface area contributed by atoms with Crippen molar-refractivity contribution in [2.24, 2.45) is 0 Å². The number of hydrogen-bond acceptors (Lipinski definition) is 8. The van der Waals surface area contributed by atoms with Crippen molar-refractivity contribution in [3.05, 3.63) is 484 Å². The summed E-state index contributed by atoms with van der Waals surface area (Å²) in [7, 11) is 1.67. The fraction of sp³-hybridized carbons (Fsp3) is 0.0769. The van der Waals surface area contributed by atoms with Crippen molar-refractivity contribution >= 4 is 122 Å². The van der Waals surface area contributed by atoms with E-state index in [0.717, 1.165) is 163 Å². The third-order valence-corrected chi connectivity index (χ3v) is 27.1. The van der Waals surface area contributed by atoms with Crippen LogP contribution in [-0.4, -0.2) is 55.9 Å². The molecule has 676 valence electrons. The van der Waals surface area contributed by atoms with Gasteiger partial charge in [0, 0.05) is 107 Å². The topological polar surface area (TPSA) is 79.5 Å². The summed E-state index contributed by atoms with van der Waals surface area (Å²) in [5, 5.41) is 9.57. The van der Waals surface area contributed by atoms with Gasteiger partial charge in [-0.3, -0.25) is 0 Å². The normalized spacial score (nSPS) is 11.6. The Kier molecular flexibility index (Phi) is 24.5. The molecule has 0 amide bonds. The van der Waals surface area contributed by atoms with E-state index in [1.54, 1.807) is 7.11 Å². The Labute approximate surface area is 814 Å². The molecule has 0 saturated heterocycles. The highest BCUT2D eigenvalue weighted by Gasteiger charge is 2.22. The number of nitrogens with zero attached hydrogens (tertiary/aromatic N) is 4. The van der Waals surface area contributed by atoms with E-state index >= 15 is 0 Å². The highest BCUT2D eigenvalue weighted by Crippen LogP contribution is 2.46. The van der Waals surface area contributed by atoms with E-state index in [4.69, 9.17) is 27.8 Å². The minimum absolute atomic E-state index is 0.533. The zero-order valence-electron chi connectivity index (χ0n) is 77.9. The number of ether oxygens (including phenoxy) is 4. The second-order valence-corrected chi connectivity index (χ2v) is 35.5. The number of benzene rings is 20. The van der Waals surface area contributed by atoms with Crippen LogP contribution in [0.4, 0.5) is 34.1 Å². The molecular weight excluding hydrogens is 1710 g/mol. The number of anilines is 6. The third-order valence-electron chi connectivity index (χ3n) is 27.1. The van der Waals surface area contributed by atoms with E-state index in [2.05, 4.69) is 475 Å². The van der Waals surface area contributed by atoms with Crippen LogP contribution in [0.1, 0.15) is 18.1 Å². The van der Waals surface area contributed by atoms with E-state index in [-0.39, 0.29) is 0 Å². The third kappa shape index (κ3) is 17.6. The molecule has 0 spiro atoms. The first-order valence-corrected chi connectivity index (χ1v) is 48.2. The number of furan rings is 2. The molecule has 0 saturated carbocycles. The largest absolute Gasteiger partial charge is 0.455 e. The van der Waals surface area contributed by atoms with Gasteiger partial charge in [0.05, 0.1) is 68.3 Å². The zero-order chi connectivity index (χ0) is 93.6. The lowest BCUT2D eigenvalue weighted by Crippen LogP contribution is -2.11. The molecule has 24 aromatic rings. The molecule has 4 aromatic heterocycles.